The predicted molar refractivity (Wildman–Crippen MR) is 108 cm³/mol. The van der Waals surface area contributed by atoms with Crippen molar-refractivity contribution in [3.8, 4) is 17.2 Å². The molecule has 0 aliphatic rings. The number of benzene rings is 1. The van der Waals surface area contributed by atoms with Crippen molar-refractivity contribution in [3.63, 3.8) is 0 Å². The molecular weight excluding hydrogens is 377 g/mol. The zero-order chi connectivity index (χ0) is 21.0. The van der Waals surface area contributed by atoms with Gasteiger partial charge >= 0.3 is 6.08 Å². The molecule has 3 aromatic rings. The first-order valence-electron chi connectivity index (χ1n) is 9.10. The standard InChI is InChI=1S/C20H24FN5O3/c1-5-6-7-8-26-15(23-16-18(22)24-20(21)25-19(16)26)11-12-9-13(27-2)17(29-4)14(10-12)28-3/h5,9-10H,1,6-8,11H2,2-4H3,(H2,22,24,25). The molecule has 0 fully saturated rings. The number of imidazole rings is 1. The first kappa shape index (κ1) is 20.4. The fourth-order valence-electron chi connectivity index (χ4n) is 3.22. The topological polar surface area (TPSA) is 97.3 Å². The Labute approximate surface area is 168 Å². The van der Waals surface area contributed by atoms with E-state index in [4.69, 9.17) is 19.9 Å². The summed E-state index contributed by atoms with van der Waals surface area (Å²) < 4.78 is 31.9. The van der Waals surface area contributed by atoms with E-state index >= 15 is 0 Å². The van der Waals surface area contributed by atoms with Gasteiger partial charge in [0.1, 0.15) is 5.82 Å². The third-order valence-electron chi connectivity index (χ3n) is 4.55. The highest BCUT2D eigenvalue weighted by Gasteiger charge is 2.19. The highest BCUT2D eigenvalue weighted by molar-refractivity contribution is 5.82. The molecule has 0 bridgehead atoms. The molecular formula is C20H24FN5O3. The summed E-state index contributed by atoms with van der Waals surface area (Å²) >= 11 is 0. The number of aryl methyl sites for hydroxylation is 1. The van der Waals surface area contributed by atoms with Gasteiger partial charge < -0.3 is 24.5 Å². The predicted octanol–water partition coefficient (Wildman–Crippen LogP) is 3.13. The summed E-state index contributed by atoms with van der Waals surface area (Å²) in [4.78, 5) is 12.1. The summed E-state index contributed by atoms with van der Waals surface area (Å²) in [6.07, 6.45) is 3.01. The Kier molecular flexibility index (Phi) is 6.16. The largest absolute Gasteiger partial charge is 0.493 e. The van der Waals surface area contributed by atoms with E-state index in [-0.39, 0.29) is 5.82 Å². The van der Waals surface area contributed by atoms with Crippen LogP contribution in [0.5, 0.6) is 17.2 Å². The number of hydrogen-bond donors (Lipinski definition) is 1. The average Bonchev–Trinajstić information content (AvgIpc) is 3.04. The maximum absolute atomic E-state index is 13.8. The number of fused-ring (bicyclic) bond motifs is 1. The molecule has 8 nitrogen and oxygen atoms in total. The van der Waals surface area contributed by atoms with Crippen LogP contribution in [0.3, 0.4) is 0 Å². The van der Waals surface area contributed by atoms with E-state index in [1.54, 1.807) is 21.3 Å². The van der Waals surface area contributed by atoms with Gasteiger partial charge in [-0.15, -0.1) is 6.58 Å². The van der Waals surface area contributed by atoms with E-state index < -0.39 is 6.08 Å². The molecule has 0 atom stereocenters. The number of methoxy groups -OCH3 is 3. The van der Waals surface area contributed by atoms with Gasteiger partial charge in [0.05, 0.1) is 21.3 Å². The Hall–Kier alpha value is -3.36. The molecule has 2 heterocycles. The second-order valence-electron chi connectivity index (χ2n) is 6.37. The fourth-order valence-corrected chi connectivity index (χ4v) is 3.22. The maximum Gasteiger partial charge on any atom is 0.312 e. The van der Waals surface area contributed by atoms with Gasteiger partial charge in [0.15, 0.2) is 28.5 Å². The van der Waals surface area contributed by atoms with Gasteiger partial charge in [0, 0.05) is 13.0 Å². The number of anilines is 1. The zero-order valence-electron chi connectivity index (χ0n) is 16.7. The maximum atomic E-state index is 13.8. The Bertz CT molecular complexity index is 1010. The number of ether oxygens (including phenoxy) is 3. The van der Waals surface area contributed by atoms with Gasteiger partial charge in [-0.2, -0.15) is 14.4 Å². The normalized spacial score (nSPS) is 10.9. The Morgan fingerprint density at radius 1 is 1.10 bits per heavy atom. The summed E-state index contributed by atoms with van der Waals surface area (Å²) in [5.41, 5.74) is 7.52. The summed E-state index contributed by atoms with van der Waals surface area (Å²) in [7, 11) is 4.67. The van der Waals surface area contributed by atoms with Gasteiger partial charge in [-0.25, -0.2) is 4.98 Å². The lowest BCUT2D eigenvalue weighted by Crippen LogP contribution is -2.07. The first-order chi connectivity index (χ1) is 14.0. The van der Waals surface area contributed by atoms with Gasteiger partial charge in [0.25, 0.3) is 0 Å². The molecule has 0 aliphatic heterocycles. The number of allylic oxidation sites excluding steroid dienone is 1. The minimum absolute atomic E-state index is 0.0149. The summed E-state index contributed by atoms with van der Waals surface area (Å²) in [5.74, 6) is 2.30. The zero-order valence-corrected chi connectivity index (χ0v) is 16.7. The van der Waals surface area contributed by atoms with Crippen LogP contribution in [-0.2, 0) is 13.0 Å². The van der Waals surface area contributed by atoms with Gasteiger partial charge in [-0.05, 0) is 30.5 Å². The van der Waals surface area contributed by atoms with Gasteiger partial charge in [-0.3, -0.25) is 0 Å². The third-order valence-corrected chi connectivity index (χ3v) is 4.55. The van der Waals surface area contributed by atoms with Crippen LogP contribution in [0.4, 0.5) is 10.2 Å². The van der Waals surface area contributed by atoms with Crippen LogP contribution in [0, 0.1) is 6.08 Å². The van der Waals surface area contributed by atoms with Crippen LogP contribution in [0.2, 0.25) is 0 Å². The van der Waals surface area contributed by atoms with Crippen molar-refractivity contribution < 1.29 is 18.6 Å². The molecule has 0 saturated carbocycles. The lowest BCUT2D eigenvalue weighted by Gasteiger charge is -2.14. The molecule has 0 saturated heterocycles. The van der Waals surface area contributed by atoms with Crippen LogP contribution in [0.25, 0.3) is 11.2 Å². The number of nitrogens with two attached hydrogens (primary N) is 1. The molecule has 9 heteroatoms. The lowest BCUT2D eigenvalue weighted by molar-refractivity contribution is 0.324. The third kappa shape index (κ3) is 4.08. The average molecular weight is 401 g/mol. The summed E-state index contributed by atoms with van der Waals surface area (Å²) in [6.45, 7) is 4.34. The van der Waals surface area contributed by atoms with Crippen molar-refractivity contribution in [2.75, 3.05) is 27.1 Å². The highest BCUT2D eigenvalue weighted by atomic mass is 19.1. The Morgan fingerprint density at radius 3 is 2.38 bits per heavy atom. The van der Waals surface area contributed by atoms with Gasteiger partial charge in [0.2, 0.25) is 5.75 Å². The van der Waals surface area contributed by atoms with E-state index in [9.17, 15) is 4.39 Å². The fraction of sp³-hybridized carbons (Fsp3) is 0.350. The van der Waals surface area contributed by atoms with Crippen molar-refractivity contribution in [1.29, 1.82) is 0 Å². The second kappa shape index (κ2) is 8.76. The Morgan fingerprint density at radius 2 is 1.79 bits per heavy atom. The monoisotopic (exact) mass is 401 g/mol. The van der Waals surface area contributed by atoms with E-state index in [0.29, 0.717) is 47.2 Å². The number of nitrogens with zero attached hydrogens (tertiary/aromatic N) is 4. The van der Waals surface area contributed by atoms with Crippen LogP contribution < -0.4 is 19.9 Å². The van der Waals surface area contributed by atoms with Crippen molar-refractivity contribution in [2.24, 2.45) is 0 Å². The second-order valence-corrected chi connectivity index (χ2v) is 6.37. The van der Waals surface area contributed by atoms with Crippen molar-refractivity contribution >= 4 is 17.0 Å². The smallest absolute Gasteiger partial charge is 0.312 e. The number of unbranched alkanes of at least 4 members (excludes halogenated alkanes) is 1. The minimum Gasteiger partial charge on any atom is -0.493 e. The molecule has 0 amide bonds. The molecule has 154 valence electrons. The summed E-state index contributed by atoms with van der Waals surface area (Å²) in [5, 5.41) is 0. The quantitative estimate of drug-likeness (QED) is 0.334. The van der Waals surface area contributed by atoms with E-state index in [1.165, 1.54) is 0 Å². The van der Waals surface area contributed by atoms with Crippen molar-refractivity contribution in [1.82, 2.24) is 19.5 Å². The van der Waals surface area contributed by atoms with Crippen molar-refractivity contribution in [3.05, 3.63) is 42.3 Å². The number of hydrogen-bond acceptors (Lipinski definition) is 7. The lowest BCUT2D eigenvalue weighted by atomic mass is 10.1. The number of rotatable bonds is 9. The Balaban J connectivity index is 2.08. The van der Waals surface area contributed by atoms with E-state index in [2.05, 4.69) is 21.5 Å². The number of nitrogen functional groups attached to an aromatic ring is 1. The molecule has 0 aliphatic carbocycles. The van der Waals surface area contributed by atoms with Crippen LogP contribution in [0.15, 0.2) is 24.8 Å². The highest BCUT2D eigenvalue weighted by Crippen LogP contribution is 2.38. The molecule has 0 radical (unpaired) electrons. The molecule has 0 spiro atoms. The molecule has 1 aromatic carbocycles. The number of halogens is 1. The molecule has 0 unspecified atom stereocenters. The molecule has 2 N–H and O–H groups in total. The van der Waals surface area contributed by atoms with E-state index in [0.717, 1.165) is 18.4 Å². The SMILES string of the molecule is C=CCCCn1c(Cc2cc(OC)c(OC)c(OC)c2)nc2c(N)nc(F)nc21. The molecule has 3 rings (SSSR count). The summed E-state index contributed by atoms with van der Waals surface area (Å²) in [6, 6.07) is 3.70. The van der Waals surface area contributed by atoms with Gasteiger partial charge in [-0.1, -0.05) is 6.08 Å². The van der Waals surface area contributed by atoms with Crippen LogP contribution in [0.1, 0.15) is 24.2 Å². The van der Waals surface area contributed by atoms with E-state index in [1.807, 2.05) is 22.8 Å². The van der Waals surface area contributed by atoms with Crippen LogP contribution >= 0.6 is 0 Å². The number of aromatic nitrogens is 4. The molecule has 29 heavy (non-hydrogen) atoms. The van der Waals surface area contributed by atoms with Crippen LogP contribution in [-0.4, -0.2) is 40.8 Å². The van der Waals surface area contributed by atoms with Crippen molar-refractivity contribution in [2.45, 2.75) is 25.8 Å². The first-order valence-corrected chi connectivity index (χ1v) is 9.10. The molecule has 2 aromatic heterocycles. The minimum atomic E-state index is -0.876.